The Morgan fingerprint density at radius 3 is 1.31 bits per heavy atom. The highest BCUT2D eigenvalue weighted by Crippen LogP contribution is 2.40. The third kappa shape index (κ3) is 2.33. The third-order valence-corrected chi connectivity index (χ3v) is 4.65. The molecular formula is C20H12N4O2. The lowest BCUT2D eigenvalue weighted by atomic mass is 9.95. The topological polar surface area (TPSA) is 106 Å². The van der Waals surface area contributed by atoms with Gasteiger partial charge in [0, 0.05) is 0 Å². The van der Waals surface area contributed by atoms with Crippen LogP contribution >= 0.6 is 0 Å². The van der Waals surface area contributed by atoms with E-state index in [1.54, 1.807) is 48.5 Å². The molecule has 4 rings (SSSR count). The fourth-order valence-corrected chi connectivity index (χ4v) is 3.38. The fraction of sp³-hybridized carbons (Fsp3) is 0.100. The van der Waals surface area contributed by atoms with Crippen molar-refractivity contribution in [3.05, 3.63) is 81.9 Å². The van der Waals surface area contributed by atoms with Crippen molar-refractivity contribution in [1.82, 2.24) is 10.6 Å². The van der Waals surface area contributed by atoms with Crippen LogP contribution < -0.4 is 10.6 Å². The van der Waals surface area contributed by atoms with Gasteiger partial charge in [-0.2, -0.15) is 10.5 Å². The normalized spacial score (nSPS) is 20.8. The summed E-state index contributed by atoms with van der Waals surface area (Å²) in [5.74, 6) is -0.580. The van der Waals surface area contributed by atoms with Gasteiger partial charge in [-0.15, -0.1) is 0 Å². The molecule has 0 saturated heterocycles. The minimum Gasteiger partial charge on any atom is -0.341 e. The molecule has 2 amide bonds. The number of nitrogens with zero attached hydrogens (tertiary/aromatic N) is 2. The quantitative estimate of drug-likeness (QED) is 0.869. The smallest absolute Gasteiger partial charge is 0.250 e. The SMILES string of the molecule is N#Cc1ccc(C2NC(=O)C3=C2C(=O)NC3c2ccc(C#N)cc2)cc1. The summed E-state index contributed by atoms with van der Waals surface area (Å²) in [6.45, 7) is 0. The van der Waals surface area contributed by atoms with E-state index in [4.69, 9.17) is 10.5 Å². The molecule has 0 bridgehead atoms. The van der Waals surface area contributed by atoms with E-state index in [0.29, 0.717) is 22.3 Å². The summed E-state index contributed by atoms with van der Waals surface area (Å²) < 4.78 is 0. The van der Waals surface area contributed by atoms with Crippen LogP contribution in [0.1, 0.15) is 34.3 Å². The van der Waals surface area contributed by atoms with Crippen molar-refractivity contribution >= 4 is 11.8 Å². The number of rotatable bonds is 2. The number of nitrogens with one attached hydrogen (secondary N) is 2. The minimum atomic E-state index is -0.534. The summed E-state index contributed by atoms with van der Waals surface area (Å²) in [5.41, 5.74) is 3.34. The predicted octanol–water partition coefficient (Wildman–Crippen LogP) is 1.77. The van der Waals surface area contributed by atoms with E-state index in [-0.39, 0.29) is 11.8 Å². The average molecular weight is 340 g/mol. The van der Waals surface area contributed by atoms with Gasteiger partial charge in [0.25, 0.3) is 11.8 Å². The van der Waals surface area contributed by atoms with E-state index in [9.17, 15) is 9.59 Å². The van der Waals surface area contributed by atoms with Crippen LogP contribution in [0.25, 0.3) is 0 Å². The second-order valence-corrected chi connectivity index (χ2v) is 6.11. The zero-order chi connectivity index (χ0) is 18.3. The van der Waals surface area contributed by atoms with Crippen molar-refractivity contribution in [3.8, 4) is 12.1 Å². The Balaban J connectivity index is 1.74. The van der Waals surface area contributed by atoms with Crippen molar-refractivity contribution in [1.29, 1.82) is 10.5 Å². The van der Waals surface area contributed by atoms with Crippen molar-refractivity contribution in [3.63, 3.8) is 0 Å². The molecule has 2 aromatic carbocycles. The zero-order valence-corrected chi connectivity index (χ0v) is 13.5. The molecule has 2 aromatic rings. The molecule has 26 heavy (non-hydrogen) atoms. The average Bonchev–Trinajstić information content (AvgIpc) is 3.21. The van der Waals surface area contributed by atoms with Crippen LogP contribution in [0.2, 0.25) is 0 Å². The van der Waals surface area contributed by atoms with Crippen LogP contribution in [0, 0.1) is 22.7 Å². The molecule has 0 saturated carbocycles. The summed E-state index contributed by atoms with van der Waals surface area (Å²) in [6, 6.07) is 16.6. The molecule has 6 heteroatoms. The Bertz CT molecular complexity index is 952. The van der Waals surface area contributed by atoms with Gasteiger partial charge in [-0.1, -0.05) is 24.3 Å². The van der Waals surface area contributed by atoms with E-state index >= 15 is 0 Å². The lowest BCUT2D eigenvalue weighted by molar-refractivity contribution is -0.118. The summed E-state index contributed by atoms with van der Waals surface area (Å²) in [4.78, 5) is 25.1. The van der Waals surface area contributed by atoms with Gasteiger partial charge in [0.2, 0.25) is 0 Å². The molecule has 2 heterocycles. The standard InChI is InChI=1S/C20H12N4O2/c21-9-11-1-5-13(6-2-11)17-15-16(20(26)23-17)18(24-19(15)25)14-7-3-12(10-22)4-8-14/h1-8,17-18H,(H,23,26)(H,24,25). The van der Waals surface area contributed by atoms with Gasteiger partial charge in [0.15, 0.2) is 0 Å². The molecule has 2 atom stereocenters. The van der Waals surface area contributed by atoms with Crippen LogP contribution in [0.3, 0.4) is 0 Å². The molecule has 0 radical (unpaired) electrons. The Kier molecular flexibility index (Phi) is 3.53. The van der Waals surface area contributed by atoms with Gasteiger partial charge in [-0.3, -0.25) is 9.59 Å². The summed E-state index contributed by atoms with van der Waals surface area (Å²) in [6.07, 6.45) is 0. The summed E-state index contributed by atoms with van der Waals surface area (Å²) in [7, 11) is 0. The number of amides is 2. The molecule has 0 aromatic heterocycles. The predicted molar refractivity (Wildman–Crippen MR) is 91.1 cm³/mol. The Morgan fingerprint density at radius 2 is 1.00 bits per heavy atom. The second kappa shape index (κ2) is 5.87. The Labute approximate surface area is 149 Å². The Hall–Kier alpha value is -3.90. The molecule has 0 fully saturated rings. The third-order valence-electron chi connectivity index (χ3n) is 4.65. The molecule has 0 aliphatic carbocycles. The van der Waals surface area contributed by atoms with Crippen molar-refractivity contribution < 1.29 is 9.59 Å². The highest BCUT2D eigenvalue weighted by atomic mass is 16.2. The maximum atomic E-state index is 12.5. The van der Waals surface area contributed by atoms with Crippen molar-refractivity contribution in [2.24, 2.45) is 0 Å². The van der Waals surface area contributed by atoms with E-state index in [0.717, 1.165) is 11.1 Å². The number of nitriles is 2. The summed E-state index contributed by atoms with van der Waals surface area (Å²) >= 11 is 0. The molecule has 6 nitrogen and oxygen atoms in total. The summed E-state index contributed by atoms with van der Waals surface area (Å²) in [5, 5.41) is 23.5. The van der Waals surface area contributed by atoms with Gasteiger partial charge in [0.1, 0.15) is 0 Å². The molecule has 0 spiro atoms. The highest BCUT2D eigenvalue weighted by Gasteiger charge is 2.45. The highest BCUT2D eigenvalue weighted by molar-refractivity contribution is 6.13. The molecule has 2 aliphatic heterocycles. The first-order chi connectivity index (χ1) is 12.6. The van der Waals surface area contributed by atoms with Crippen molar-refractivity contribution in [2.45, 2.75) is 12.1 Å². The molecular weight excluding hydrogens is 328 g/mol. The van der Waals surface area contributed by atoms with Gasteiger partial charge in [0.05, 0.1) is 46.5 Å². The number of carbonyl (C=O) groups excluding carboxylic acids is 2. The first-order valence-corrected chi connectivity index (χ1v) is 7.98. The lowest BCUT2D eigenvalue weighted by Gasteiger charge is -2.17. The number of hydrogen-bond acceptors (Lipinski definition) is 4. The zero-order valence-electron chi connectivity index (χ0n) is 13.5. The Morgan fingerprint density at radius 1 is 0.654 bits per heavy atom. The maximum Gasteiger partial charge on any atom is 0.250 e. The van der Waals surface area contributed by atoms with Crippen LogP contribution in [0.15, 0.2) is 59.7 Å². The van der Waals surface area contributed by atoms with Gasteiger partial charge >= 0.3 is 0 Å². The van der Waals surface area contributed by atoms with E-state index in [1.165, 1.54) is 0 Å². The molecule has 2 aliphatic rings. The monoisotopic (exact) mass is 340 g/mol. The number of hydrogen-bond donors (Lipinski definition) is 2. The van der Waals surface area contributed by atoms with E-state index in [2.05, 4.69) is 10.6 Å². The first kappa shape index (κ1) is 15.6. The number of carbonyl (C=O) groups is 2. The fourth-order valence-electron chi connectivity index (χ4n) is 3.38. The van der Waals surface area contributed by atoms with Crippen molar-refractivity contribution in [2.75, 3.05) is 0 Å². The first-order valence-electron chi connectivity index (χ1n) is 7.98. The van der Waals surface area contributed by atoms with E-state index < -0.39 is 12.1 Å². The van der Waals surface area contributed by atoms with E-state index in [1.807, 2.05) is 12.1 Å². The molecule has 124 valence electrons. The number of benzene rings is 2. The van der Waals surface area contributed by atoms with Crippen LogP contribution in [-0.2, 0) is 9.59 Å². The van der Waals surface area contributed by atoms with Gasteiger partial charge < -0.3 is 10.6 Å². The second-order valence-electron chi connectivity index (χ2n) is 6.11. The van der Waals surface area contributed by atoms with Gasteiger partial charge in [-0.25, -0.2) is 0 Å². The van der Waals surface area contributed by atoms with Crippen LogP contribution in [0.5, 0.6) is 0 Å². The molecule has 2 N–H and O–H groups in total. The maximum absolute atomic E-state index is 12.5. The van der Waals surface area contributed by atoms with Gasteiger partial charge in [-0.05, 0) is 35.4 Å². The lowest BCUT2D eigenvalue weighted by Crippen LogP contribution is -2.33. The van der Waals surface area contributed by atoms with Crippen LogP contribution in [0.4, 0.5) is 0 Å². The molecule has 2 unspecified atom stereocenters. The largest absolute Gasteiger partial charge is 0.341 e. The minimum absolute atomic E-state index is 0.290. The van der Waals surface area contributed by atoms with Crippen LogP contribution in [-0.4, -0.2) is 11.8 Å².